The van der Waals surface area contributed by atoms with Crippen LogP contribution in [0.4, 0.5) is 14.5 Å². The Labute approximate surface area is 91.9 Å². The molecule has 1 aromatic rings. The normalized spacial score (nSPS) is 23.0. The number of rotatable bonds is 2. The standard InChI is InChI=1S/C11H12F2N2O/c12-11(13)4-1-8(7-11)10(16)15-9-2-5-14-6-3-9/h2-3,5-6,8H,1,4,7H2,(H,14,15,16)/t8-/m1/s1. The molecule has 0 aliphatic heterocycles. The highest BCUT2D eigenvalue weighted by Gasteiger charge is 2.42. The van der Waals surface area contributed by atoms with E-state index >= 15 is 0 Å². The number of nitrogens with one attached hydrogen (secondary N) is 1. The molecule has 3 nitrogen and oxygen atoms in total. The predicted molar refractivity (Wildman–Crippen MR) is 55.2 cm³/mol. The Morgan fingerprint density at radius 3 is 2.69 bits per heavy atom. The van der Waals surface area contributed by atoms with Gasteiger partial charge in [0.05, 0.1) is 0 Å². The molecule has 1 saturated carbocycles. The molecule has 1 amide bonds. The quantitative estimate of drug-likeness (QED) is 0.841. The molecule has 0 spiro atoms. The number of amides is 1. The number of halogens is 2. The van der Waals surface area contributed by atoms with Crippen LogP contribution in [0.5, 0.6) is 0 Å². The van der Waals surface area contributed by atoms with Gasteiger partial charge in [-0.25, -0.2) is 8.78 Å². The molecule has 1 aliphatic rings. The van der Waals surface area contributed by atoms with Gasteiger partial charge < -0.3 is 5.32 Å². The lowest BCUT2D eigenvalue weighted by atomic mass is 10.1. The molecule has 16 heavy (non-hydrogen) atoms. The SMILES string of the molecule is O=C(Nc1ccncc1)[C@@H]1CCC(F)(F)C1. The molecule has 1 fully saturated rings. The number of carbonyl (C=O) groups excluding carboxylic acids is 1. The fraction of sp³-hybridized carbons (Fsp3) is 0.455. The molecule has 1 N–H and O–H groups in total. The van der Waals surface area contributed by atoms with Gasteiger partial charge in [-0.1, -0.05) is 0 Å². The lowest BCUT2D eigenvalue weighted by molar-refractivity contribution is -0.120. The molecule has 1 heterocycles. The summed E-state index contributed by atoms with van der Waals surface area (Å²) in [5.74, 6) is -3.59. The molecule has 0 saturated heterocycles. The molecule has 0 radical (unpaired) electrons. The first kappa shape index (κ1) is 11.0. The monoisotopic (exact) mass is 226 g/mol. The fourth-order valence-corrected chi connectivity index (χ4v) is 1.85. The van der Waals surface area contributed by atoms with Gasteiger partial charge in [0, 0.05) is 36.8 Å². The van der Waals surface area contributed by atoms with Gasteiger partial charge in [-0.2, -0.15) is 0 Å². The minimum absolute atomic E-state index is 0.193. The van der Waals surface area contributed by atoms with E-state index in [-0.39, 0.29) is 25.2 Å². The largest absolute Gasteiger partial charge is 0.326 e. The molecular formula is C11H12F2N2O. The Balaban J connectivity index is 1.95. The minimum Gasteiger partial charge on any atom is -0.326 e. The maximum atomic E-state index is 12.9. The van der Waals surface area contributed by atoms with Crippen LogP contribution in [-0.4, -0.2) is 16.8 Å². The number of pyridine rings is 1. The first-order valence-corrected chi connectivity index (χ1v) is 5.15. The number of hydrogen-bond donors (Lipinski definition) is 1. The van der Waals surface area contributed by atoms with Gasteiger partial charge >= 0.3 is 0 Å². The van der Waals surface area contributed by atoms with Crippen molar-refractivity contribution in [1.82, 2.24) is 4.98 Å². The summed E-state index contributed by atoms with van der Waals surface area (Å²) in [5.41, 5.74) is 0.593. The summed E-state index contributed by atoms with van der Waals surface area (Å²) in [6.45, 7) is 0. The van der Waals surface area contributed by atoms with Crippen LogP contribution in [0.3, 0.4) is 0 Å². The van der Waals surface area contributed by atoms with Crippen molar-refractivity contribution in [3.05, 3.63) is 24.5 Å². The van der Waals surface area contributed by atoms with Crippen molar-refractivity contribution in [3.63, 3.8) is 0 Å². The van der Waals surface area contributed by atoms with E-state index in [1.165, 1.54) is 0 Å². The fourth-order valence-electron chi connectivity index (χ4n) is 1.85. The first-order chi connectivity index (χ1) is 7.57. The Bertz CT molecular complexity index is 381. The Morgan fingerprint density at radius 1 is 1.44 bits per heavy atom. The second-order valence-electron chi connectivity index (χ2n) is 4.02. The summed E-state index contributed by atoms with van der Waals surface area (Å²) >= 11 is 0. The zero-order valence-corrected chi connectivity index (χ0v) is 8.62. The van der Waals surface area contributed by atoms with E-state index in [1.54, 1.807) is 24.5 Å². The first-order valence-electron chi connectivity index (χ1n) is 5.15. The summed E-state index contributed by atoms with van der Waals surface area (Å²) in [5, 5.41) is 2.61. The Hall–Kier alpha value is -1.52. The van der Waals surface area contributed by atoms with Crippen molar-refractivity contribution in [2.45, 2.75) is 25.2 Å². The van der Waals surface area contributed by atoms with E-state index in [0.29, 0.717) is 5.69 Å². The average Bonchev–Trinajstić information content (AvgIpc) is 2.60. The molecule has 1 aliphatic carbocycles. The number of hydrogen-bond acceptors (Lipinski definition) is 2. The lowest BCUT2D eigenvalue weighted by Crippen LogP contribution is -2.22. The summed E-state index contributed by atoms with van der Waals surface area (Å²) in [4.78, 5) is 15.4. The topological polar surface area (TPSA) is 42.0 Å². The summed E-state index contributed by atoms with van der Waals surface area (Å²) in [6.07, 6.45) is 2.80. The van der Waals surface area contributed by atoms with E-state index in [9.17, 15) is 13.6 Å². The Morgan fingerprint density at radius 2 is 2.12 bits per heavy atom. The van der Waals surface area contributed by atoms with E-state index < -0.39 is 11.8 Å². The van der Waals surface area contributed by atoms with Crippen LogP contribution >= 0.6 is 0 Å². The molecule has 2 rings (SSSR count). The van der Waals surface area contributed by atoms with Gasteiger partial charge in [0.1, 0.15) is 0 Å². The van der Waals surface area contributed by atoms with Gasteiger partial charge in [-0.15, -0.1) is 0 Å². The maximum Gasteiger partial charge on any atom is 0.248 e. The zero-order valence-electron chi connectivity index (χ0n) is 8.62. The third kappa shape index (κ3) is 2.53. The van der Waals surface area contributed by atoms with Crippen LogP contribution in [0, 0.1) is 5.92 Å². The third-order valence-electron chi connectivity index (χ3n) is 2.72. The van der Waals surface area contributed by atoms with Crippen molar-refractivity contribution in [1.29, 1.82) is 0 Å². The van der Waals surface area contributed by atoms with Gasteiger partial charge in [0.25, 0.3) is 0 Å². The molecule has 0 bridgehead atoms. The van der Waals surface area contributed by atoms with Gasteiger partial charge in [-0.05, 0) is 18.6 Å². The summed E-state index contributed by atoms with van der Waals surface area (Å²) < 4.78 is 25.8. The van der Waals surface area contributed by atoms with Gasteiger partial charge in [0.15, 0.2) is 0 Å². The van der Waals surface area contributed by atoms with E-state index in [1.807, 2.05) is 0 Å². The van der Waals surface area contributed by atoms with E-state index in [4.69, 9.17) is 0 Å². The second kappa shape index (κ2) is 4.15. The number of anilines is 1. The average molecular weight is 226 g/mol. The number of aromatic nitrogens is 1. The van der Waals surface area contributed by atoms with E-state index in [0.717, 1.165) is 0 Å². The number of alkyl halides is 2. The molecule has 1 atom stereocenters. The molecule has 0 aromatic carbocycles. The molecule has 86 valence electrons. The van der Waals surface area contributed by atoms with E-state index in [2.05, 4.69) is 10.3 Å². The van der Waals surface area contributed by atoms with Crippen molar-refractivity contribution < 1.29 is 13.6 Å². The zero-order chi connectivity index (χ0) is 11.6. The van der Waals surface area contributed by atoms with Crippen molar-refractivity contribution in [2.24, 2.45) is 5.92 Å². The Kier molecular flexibility index (Phi) is 2.85. The highest BCUT2D eigenvalue weighted by molar-refractivity contribution is 5.92. The maximum absolute atomic E-state index is 12.9. The molecule has 0 unspecified atom stereocenters. The molecule has 1 aromatic heterocycles. The van der Waals surface area contributed by atoms with Gasteiger partial charge in [-0.3, -0.25) is 9.78 Å². The second-order valence-corrected chi connectivity index (χ2v) is 4.02. The van der Waals surface area contributed by atoms with Crippen molar-refractivity contribution >= 4 is 11.6 Å². The highest BCUT2D eigenvalue weighted by atomic mass is 19.3. The molecular weight excluding hydrogens is 214 g/mol. The molecule has 5 heteroatoms. The van der Waals surface area contributed by atoms with Crippen LogP contribution in [0.2, 0.25) is 0 Å². The third-order valence-corrected chi connectivity index (χ3v) is 2.72. The summed E-state index contributed by atoms with van der Waals surface area (Å²) in [6, 6.07) is 3.26. The smallest absolute Gasteiger partial charge is 0.248 e. The van der Waals surface area contributed by atoms with Crippen LogP contribution in [0.15, 0.2) is 24.5 Å². The number of carbonyl (C=O) groups is 1. The van der Waals surface area contributed by atoms with Crippen molar-refractivity contribution in [2.75, 3.05) is 5.32 Å². The highest BCUT2D eigenvalue weighted by Crippen LogP contribution is 2.39. The van der Waals surface area contributed by atoms with Crippen LogP contribution in [0.25, 0.3) is 0 Å². The van der Waals surface area contributed by atoms with Crippen LogP contribution < -0.4 is 5.32 Å². The summed E-state index contributed by atoms with van der Waals surface area (Å²) in [7, 11) is 0. The number of nitrogens with zero attached hydrogens (tertiary/aromatic N) is 1. The minimum atomic E-state index is -2.68. The van der Waals surface area contributed by atoms with Gasteiger partial charge in [0.2, 0.25) is 11.8 Å². The predicted octanol–water partition coefficient (Wildman–Crippen LogP) is 2.46. The van der Waals surface area contributed by atoms with Crippen LogP contribution in [-0.2, 0) is 4.79 Å². The lowest BCUT2D eigenvalue weighted by Gasteiger charge is -2.11. The van der Waals surface area contributed by atoms with Crippen molar-refractivity contribution in [3.8, 4) is 0 Å². The van der Waals surface area contributed by atoms with Crippen LogP contribution in [0.1, 0.15) is 19.3 Å².